The summed E-state index contributed by atoms with van der Waals surface area (Å²) >= 11 is 0. The van der Waals surface area contributed by atoms with Crippen LogP contribution in [0.4, 0.5) is 17.3 Å². The number of amides is 1. The van der Waals surface area contributed by atoms with Crippen molar-refractivity contribution in [3.8, 4) is 0 Å². The smallest absolute Gasteiger partial charge is 0.271 e. The monoisotopic (exact) mass is 418 g/mol. The van der Waals surface area contributed by atoms with Crippen molar-refractivity contribution < 1.29 is 4.79 Å². The minimum absolute atomic E-state index is 0.106. The Labute approximate surface area is 180 Å². The van der Waals surface area contributed by atoms with Crippen molar-refractivity contribution >= 4 is 23.2 Å². The second-order valence-electron chi connectivity index (χ2n) is 7.72. The Morgan fingerprint density at radius 3 is 2.42 bits per heavy atom. The molecule has 1 fully saturated rings. The molecule has 3 N–H and O–H groups in total. The number of nitrogens with one attached hydrogen (secondary N) is 3. The summed E-state index contributed by atoms with van der Waals surface area (Å²) in [5.41, 5.74) is 3.21. The summed E-state index contributed by atoms with van der Waals surface area (Å²) in [6.07, 6.45) is 4.91. The predicted octanol–water partition coefficient (Wildman–Crippen LogP) is 3.39. The first-order valence-corrected chi connectivity index (χ1v) is 10.5. The molecule has 160 valence electrons. The molecule has 1 aliphatic heterocycles. The van der Waals surface area contributed by atoms with Gasteiger partial charge >= 0.3 is 0 Å². The molecule has 4 rings (SSSR count). The van der Waals surface area contributed by atoms with Crippen LogP contribution in [0.25, 0.3) is 0 Å². The van der Waals surface area contributed by atoms with Gasteiger partial charge in [0, 0.05) is 30.0 Å². The quantitative estimate of drug-likeness (QED) is 0.567. The van der Waals surface area contributed by atoms with Crippen LogP contribution in [-0.4, -0.2) is 34.2 Å². The highest BCUT2D eigenvalue weighted by Gasteiger charge is 2.14. The lowest BCUT2D eigenvalue weighted by Gasteiger charge is -2.29. The first-order valence-electron chi connectivity index (χ1n) is 10.5. The first-order chi connectivity index (χ1) is 15.1. The fourth-order valence-corrected chi connectivity index (χ4v) is 3.70. The number of piperidine rings is 1. The van der Waals surface area contributed by atoms with E-state index in [0.717, 1.165) is 24.8 Å². The van der Waals surface area contributed by atoms with Gasteiger partial charge in [-0.2, -0.15) is 0 Å². The van der Waals surface area contributed by atoms with Gasteiger partial charge in [0.15, 0.2) is 0 Å². The van der Waals surface area contributed by atoms with Crippen LogP contribution in [0, 0.1) is 0 Å². The number of benzene rings is 2. The lowest BCUT2D eigenvalue weighted by Crippen LogP contribution is -2.29. The van der Waals surface area contributed by atoms with Gasteiger partial charge in [-0.05, 0) is 68.1 Å². The Morgan fingerprint density at radius 2 is 1.74 bits per heavy atom. The number of aromatic amines is 1. The number of carbonyl (C=O) groups is 1. The van der Waals surface area contributed by atoms with Crippen LogP contribution >= 0.6 is 0 Å². The van der Waals surface area contributed by atoms with Crippen molar-refractivity contribution in [2.75, 3.05) is 23.3 Å². The molecule has 31 heavy (non-hydrogen) atoms. The predicted molar refractivity (Wildman–Crippen MR) is 121 cm³/mol. The molecule has 1 saturated heterocycles. The maximum Gasteiger partial charge on any atom is 0.271 e. The van der Waals surface area contributed by atoms with Gasteiger partial charge in [-0.15, -0.1) is 10.2 Å². The van der Waals surface area contributed by atoms with Gasteiger partial charge in [-0.1, -0.05) is 12.1 Å². The third-order valence-corrected chi connectivity index (χ3v) is 5.45. The summed E-state index contributed by atoms with van der Waals surface area (Å²) in [5.74, 6) is 0.0957. The van der Waals surface area contributed by atoms with Crippen molar-refractivity contribution in [1.82, 2.24) is 20.5 Å². The molecule has 0 spiro atoms. The van der Waals surface area contributed by atoms with Crippen molar-refractivity contribution in [2.24, 2.45) is 0 Å². The number of hydrogen-bond acceptors (Lipinski definition) is 6. The highest BCUT2D eigenvalue weighted by molar-refractivity contribution is 5.94. The van der Waals surface area contributed by atoms with Crippen LogP contribution in [0.1, 0.15) is 48.1 Å². The molecule has 1 unspecified atom stereocenters. The first kappa shape index (κ1) is 20.6. The summed E-state index contributed by atoms with van der Waals surface area (Å²) in [7, 11) is 0. The summed E-state index contributed by atoms with van der Waals surface area (Å²) in [6, 6.07) is 15.3. The number of nitrogens with zero attached hydrogens (tertiary/aromatic N) is 3. The molecule has 0 bridgehead atoms. The third-order valence-electron chi connectivity index (χ3n) is 5.45. The molecule has 2 aromatic carbocycles. The summed E-state index contributed by atoms with van der Waals surface area (Å²) in [6.45, 7) is 4.21. The standard InChI is InChI=1S/C23H26N6O2/c1-16(17-7-11-20(12-8-17)29-13-3-2-4-14-29)25-22(31)18-5-9-19(10-6-18)26-23-27-21(30)15-24-28-23/h5-12,15-16H,2-4,13-14H2,1H3,(H,25,31)(H2,26,27,28,30). The Hall–Kier alpha value is -3.68. The number of hydrogen-bond donors (Lipinski definition) is 3. The molecule has 0 saturated carbocycles. The van der Waals surface area contributed by atoms with E-state index in [1.165, 1.54) is 24.9 Å². The van der Waals surface area contributed by atoms with Crippen LogP contribution in [0.5, 0.6) is 0 Å². The van der Waals surface area contributed by atoms with Gasteiger partial charge in [0.05, 0.1) is 6.04 Å². The highest BCUT2D eigenvalue weighted by Crippen LogP contribution is 2.23. The van der Waals surface area contributed by atoms with Gasteiger partial charge in [-0.3, -0.25) is 14.6 Å². The molecule has 1 atom stereocenters. The largest absolute Gasteiger partial charge is 0.372 e. The number of carbonyl (C=O) groups excluding carboxylic acids is 1. The van der Waals surface area contributed by atoms with Crippen molar-refractivity contribution in [1.29, 1.82) is 0 Å². The van der Waals surface area contributed by atoms with Crippen LogP contribution in [0.3, 0.4) is 0 Å². The van der Waals surface area contributed by atoms with Gasteiger partial charge in [0.25, 0.3) is 11.5 Å². The van der Waals surface area contributed by atoms with Crippen molar-refractivity contribution in [2.45, 2.75) is 32.2 Å². The zero-order chi connectivity index (χ0) is 21.6. The Kier molecular flexibility index (Phi) is 6.26. The summed E-state index contributed by atoms with van der Waals surface area (Å²) in [5, 5.41) is 13.4. The van der Waals surface area contributed by atoms with E-state index in [1.807, 2.05) is 6.92 Å². The number of rotatable bonds is 6. The fourth-order valence-electron chi connectivity index (χ4n) is 3.70. The van der Waals surface area contributed by atoms with E-state index in [-0.39, 0.29) is 23.5 Å². The lowest BCUT2D eigenvalue weighted by atomic mass is 10.1. The zero-order valence-corrected chi connectivity index (χ0v) is 17.5. The second-order valence-corrected chi connectivity index (χ2v) is 7.72. The maximum absolute atomic E-state index is 12.6. The third kappa shape index (κ3) is 5.28. The van der Waals surface area contributed by atoms with E-state index in [1.54, 1.807) is 24.3 Å². The zero-order valence-electron chi connectivity index (χ0n) is 17.5. The molecule has 0 aliphatic carbocycles. The number of H-pyrrole nitrogens is 1. The molecule has 1 aliphatic rings. The minimum atomic E-state index is -0.341. The van der Waals surface area contributed by atoms with E-state index < -0.39 is 0 Å². The normalized spacial score (nSPS) is 14.7. The maximum atomic E-state index is 12.6. The van der Waals surface area contributed by atoms with Gasteiger partial charge in [-0.25, -0.2) is 0 Å². The van der Waals surface area contributed by atoms with E-state index in [2.05, 4.69) is 55.0 Å². The Balaban J connectivity index is 1.35. The number of anilines is 3. The SMILES string of the molecule is CC(NC(=O)c1ccc(Nc2nncc(=O)[nH]2)cc1)c1ccc(N2CCCCC2)cc1. The van der Waals surface area contributed by atoms with Crippen molar-refractivity contribution in [3.63, 3.8) is 0 Å². The molecule has 3 aromatic rings. The fraction of sp³-hybridized carbons (Fsp3) is 0.304. The van der Waals surface area contributed by atoms with Gasteiger partial charge in [0.1, 0.15) is 6.20 Å². The second kappa shape index (κ2) is 9.42. The van der Waals surface area contributed by atoms with E-state index in [9.17, 15) is 9.59 Å². The molecule has 1 amide bonds. The summed E-state index contributed by atoms with van der Waals surface area (Å²) in [4.78, 5) is 28.9. The van der Waals surface area contributed by atoms with Gasteiger partial charge < -0.3 is 15.5 Å². The van der Waals surface area contributed by atoms with Crippen LogP contribution in [0.2, 0.25) is 0 Å². The van der Waals surface area contributed by atoms with E-state index in [4.69, 9.17) is 0 Å². The molecule has 0 radical (unpaired) electrons. The Bertz CT molecular complexity index is 1070. The summed E-state index contributed by atoms with van der Waals surface area (Å²) < 4.78 is 0. The van der Waals surface area contributed by atoms with E-state index in [0.29, 0.717) is 11.3 Å². The van der Waals surface area contributed by atoms with E-state index >= 15 is 0 Å². The van der Waals surface area contributed by atoms with Crippen LogP contribution < -0.4 is 21.1 Å². The van der Waals surface area contributed by atoms with Gasteiger partial charge in [0.2, 0.25) is 5.95 Å². The molecular formula is C23H26N6O2. The topological polar surface area (TPSA) is 103 Å². The van der Waals surface area contributed by atoms with Crippen molar-refractivity contribution in [3.05, 3.63) is 76.2 Å². The molecule has 8 heteroatoms. The minimum Gasteiger partial charge on any atom is -0.372 e. The van der Waals surface area contributed by atoms with Crippen LogP contribution in [-0.2, 0) is 0 Å². The average Bonchev–Trinajstić information content (AvgIpc) is 2.80. The molecule has 1 aromatic heterocycles. The van der Waals surface area contributed by atoms with Crippen LogP contribution in [0.15, 0.2) is 59.5 Å². The molecule has 8 nitrogen and oxygen atoms in total. The lowest BCUT2D eigenvalue weighted by molar-refractivity contribution is 0.0940. The molecular weight excluding hydrogens is 392 g/mol. The highest BCUT2D eigenvalue weighted by atomic mass is 16.1. The molecule has 2 heterocycles. The Morgan fingerprint density at radius 1 is 1.03 bits per heavy atom. The number of aromatic nitrogens is 3. The average molecular weight is 419 g/mol.